The highest BCUT2D eigenvalue weighted by molar-refractivity contribution is 7.22. The van der Waals surface area contributed by atoms with Gasteiger partial charge in [0.1, 0.15) is 5.75 Å². The van der Waals surface area contributed by atoms with Gasteiger partial charge in [0.25, 0.3) is 0 Å². The highest BCUT2D eigenvalue weighted by atomic mass is 32.1. The van der Waals surface area contributed by atoms with E-state index in [1.54, 1.807) is 18.4 Å². The van der Waals surface area contributed by atoms with Gasteiger partial charge in [-0.25, -0.2) is 9.97 Å². The molecule has 2 aromatic carbocycles. The van der Waals surface area contributed by atoms with Gasteiger partial charge in [-0.2, -0.15) is 0 Å². The minimum atomic E-state index is -0.188. The normalized spacial score (nSPS) is 19.7. The zero-order valence-electron chi connectivity index (χ0n) is 16.3. The molecule has 0 spiro atoms. The first-order valence-electron chi connectivity index (χ1n) is 10.0. The second-order valence-corrected chi connectivity index (χ2v) is 8.74. The summed E-state index contributed by atoms with van der Waals surface area (Å²) in [6.45, 7) is 0.758. The fourth-order valence-electron chi connectivity index (χ4n) is 4.09. The molecular weight excluding hydrogens is 384 g/mol. The first kappa shape index (κ1) is 18.4. The van der Waals surface area contributed by atoms with Crippen molar-refractivity contribution in [3.8, 4) is 5.75 Å². The molecule has 1 aliphatic rings. The lowest BCUT2D eigenvalue weighted by atomic mass is 9.93. The van der Waals surface area contributed by atoms with Gasteiger partial charge in [-0.05, 0) is 55.5 Å². The number of hydrogen-bond donors (Lipinski definition) is 2. The number of fused-ring (bicyclic) bond motifs is 2. The van der Waals surface area contributed by atoms with Gasteiger partial charge >= 0.3 is 0 Å². The average molecular weight is 409 g/mol. The topological polar surface area (TPSA) is 72.2 Å². The SMILES string of the molecule is COc1ccc2c(c1)ncn2Cc1ccc2nc(NC3CCC[C@@H](O)C3)sc2c1. The van der Waals surface area contributed by atoms with Crippen molar-refractivity contribution in [2.24, 2.45) is 0 Å². The molecule has 0 amide bonds. The molecule has 150 valence electrons. The largest absolute Gasteiger partial charge is 0.497 e. The second kappa shape index (κ2) is 7.65. The maximum absolute atomic E-state index is 9.89. The fourth-order valence-corrected chi connectivity index (χ4v) is 5.10. The van der Waals surface area contributed by atoms with Crippen molar-refractivity contribution in [3.63, 3.8) is 0 Å². The summed E-state index contributed by atoms with van der Waals surface area (Å²) in [5.74, 6) is 0.819. The zero-order valence-corrected chi connectivity index (χ0v) is 17.2. The Balaban J connectivity index is 1.36. The molecule has 6 nitrogen and oxygen atoms in total. The Labute approximate surface area is 173 Å². The summed E-state index contributed by atoms with van der Waals surface area (Å²) < 4.78 is 8.61. The zero-order chi connectivity index (χ0) is 19.8. The molecule has 1 aliphatic carbocycles. The molecule has 29 heavy (non-hydrogen) atoms. The number of aromatic nitrogens is 3. The number of aliphatic hydroxyl groups is 1. The Morgan fingerprint density at radius 1 is 1.21 bits per heavy atom. The van der Waals surface area contributed by atoms with E-state index in [1.807, 2.05) is 24.5 Å². The van der Waals surface area contributed by atoms with Gasteiger partial charge in [-0.3, -0.25) is 0 Å². The molecule has 2 atom stereocenters. The minimum absolute atomic E-state index is 0.188. The molecule has 0 saturated heterocycles. The number of aliphatic hydroxyl groups excluding tert-OH is 1. The van der Waals surface area contributed by atoms with E-state index in [0.717, 1.165) is 59.7 Å². The number of anilines is 1. The van der Waals surface area contributed by atoms with Crippen LogP contribution in [-0.2, 0) is 6.54 Å². The van der Waals surface area contributed by atoms with Crippen LogP contribution in [0.4, 0.5) is 5.13 Å². The number of benzene rings is 2. The second-order valence-electron chi connectivity index (χ2n) is 7.71. The van der Waals surface area contributed by atoms with Gasteiger partial charge in [0.15, 0.2) is 5.13 Å². The number of methoxy groups -OCH3 is 1. The Morgan fingerprint density at radius 3 is 3.00 bits per heavy atom. The molecule has 2 heterocycles. The fraction of sp³-hybridized carbons (Fsp3) is 0.364. The molecular formula is C22H24N4O2S. The molecule has 5 rings (SSSR count). The first-order chi connectivity index (χ1) is 14.2. The molecule has 0 aliphatic heterocycles. The Kier molecular flexibility index (Phi) is 4.85. The third kappa shape index (κ3) is 3.80. The van der Waals surface area contributed by atoms with Crippen LogP contribution in [0, 0.1) is 0 Å². The first-order valence-corrected chi connectivity index (χ1v) is 10.8. The van der Waals surface area contributed by atoms with Crippen LogP contribution in [0.25, 0.3) is 21.3 Å². The van der Waals surface area contributed by atoms with E-state index in [-0.39, 0.29) is 6.10 Å². The summed E-state index contributed by atoms with van der Waals surface area (Å²) >= 11 is 1.68. The summed E-state index contributed by atoms with van der Waals surface area (Å²) in [5.41, 5.74) is 4.26. The van der Waals surface area contributed by atoms with Crippen molar-refractivity contribution in [1.82, 2.24) is 14.5 Å². The highest BCUT2D eigenvalue weighted by Gasteiger charge is 2.21. The van der Waals surface area contributed by atoms with E-state index in [4.69, 9.17) is 9.72 Å². The Morgan fingerprint density at radius 2 is 2.14 bits per heavy atom. The van der Waals surface area contributed by atoms with Crippen molar-refractivity contribution in [2.45, 2.75) is 44.4 Å². The lowest BCUT2D eigenvalue weighted by Crippen LogP contribution is -2.29. The number of hydrogen-bond acceptors (Lipinski definition) is 6. The molecule has 1 fully saturated rings. The Bertz CT molecular complexity index is 1150. The van der Waals surface area contributed by atoms with Gasteiger partial charge in [0.05, 0.1) is 40.8 Å². The minimum Gasteiger partial charge on any atom is -0.497 e. The third-order valence-electron chi connectivity index (χ3n) is 5.61. The van der Waals surface area contributed by atoms with Crippen LogP contribution in [0.2, 0.25) is 0 Å². The molecule has 0 bridgehead atoms. The predicted molar refractivity (Wildman–Crippen MR) is 117 cm³/mol. The van der Waals surface area contributed by atoms with Crippen molar-refractivity contribution in [2.75, 3.05) is 12.4 Å². The van der Waals surface area contributed by atoms with Gasteiger partial charge in [0, 0.05) is 18.7 Å². The monoisotopic (exact) mass is 408 g/mol. The lowest BCUT2D eigenvalue weighted by molar-refractivity contribution is 0.124. The van der Waals surface area contributed by atoms with Crippen molar-refractivity contribution >= 4 is 37.7 Å². The number of imidazole rings is 1. The standard InChI is InChI=1S/C22H24N4O2S/c1-28-17-6-8-20-19(11-17)23-13-26(20)12-14-5-7-18-21(9-14)29-22(25-18)24-15-3-2-4-16(27)10-15/h5-9,11,13,15-16,27H,2-4,10,12H2,1H3,(H,24,25)/t15?,16-/m1/s1. The summed E-state index contributed by atoms with van der Waals surface area (Å²) in [4.78, 5) is 9.24. The van der Waals surface area contributed by atoms with Crippen LogP contribution in [0.1, 0.15) is 31.2 Å². The third-order valence-corrected chi connectivity index (χ3v) is 6.56. The maximum atomic E-state index is 9.89. The van der Waals surface area contributed by atoms with Gasteiger partial charge in [0.2, 0.25) is 0 Å². The molecule has 7 heteroatoms. The summed E-state index contributed by atoms with van der Waals surface area (Å²) in [6.07, 6.45) is 5.57. The Hall–Kier alpha value is -2.64. The van der Waals surface area contributed by atoms with Crippen LogP contribution < -0.4 is 10.1 Å². The summed E-state index contributed by atoms with van der Waals surface area (Å²) in [6, 6.07) is 12.7. The number of nitrogens with zero attached hydrogens (tertiary/aromatic N) is 3. The summed E-state index contributed by atoms with van der Waals surface area (Å²) in [7, 11) is 1.67. The molecule has 2 N–H and O–H groups in total. The smallest absolute Gasteiger partial charge is 0.184 e. The van der Waals surface area contributed by atoms with Crippen molar-refractivity contribution in [3.05, 3.63) is 48.3 Å². The van der Waals surface area contributed by atoms with Gasteiger partial charge < -0.3 is 19.7 Å². The number of thiazole rings is 1. The number of ether oxygens (including phenoxy) is 1. The van der Waals surface area contributed by atoms with E-state index in [9.17, 15) is 5.11 Å². The van der Waals surface area contributed by atoms with Gasteiger partial charge in [-0.1, -0.05) is 17.4 Å². The molecule has 4 aromatic rings. The molecule has 1 unspecified atom stereocenters. The van der Waals surface area contributed by atoms with E-state index < -0.39 is 0 Å². The molecule has 2 aromatic heterocycles. The van der Waals surface area contributed by atoms with Crippen LogP contribution in [-0.4, -0.2) is 38.9 Å². The van der Waals surface area contributed by atoms with E-state index in [2.05, 4.69) is 33.1 Å². The average Bonchev–Trinajstić information content (AvgIpc) is 3.30. The van der Waals surface area contributed by atoms with Crippen molar-refractivity contribution < 1.29 is 9.84 Å². The van der Waals surface area contributed by atoms with Crippen LogP contribution >= 0.6 is 11.3 Å². The highest BCUT2D eigenvalue weighted by Crippen LogP contribution is 2.30. The molecule has 1 saturated carbocycles. The number of nitrogens with one attached hydrogen (secondary N) is 1. The number of rotatable bonds is 5. The van der Waals surface area contributed by atoms with Gasteiger partial charge in [-0.15, -0.1) is 0 Å². The van der Waals surface area contributed by atoms with E-state index in [1.165, 1.54) is 10.3 Å². The molecule has 0 radical (unpaired) electrons. The van der Waals surface area contributed by atoms with E-state index >= 15 is 0 Å². The van der Waals surface area contributed by atoms with Crippen LogP contribution in [0.15, 0.2) is 42.7 Å². The predicted octanol–water partition coefficient (Wildman–Crippen LogP) is 4.42. The van der Waals surface area contributed by atoms with Crippen LogP contribution in [0.3, 0.4) is 0 Å². The summed E-state index contributed by atoms with van der Waals surface area (Å²) in [5, 5.41) is 14.4. The van der Waals surface area contributed by atoms with Crippen molar-refractivity contribution in [1.29, 1.82) is 0 Å². The lowest BCUT2D eigenvalue weighted by Gasteiger charge is -2.26. The quantitative estimate of drug-likeness (QED) is 0.511. The van der Waals surface area contributed by atoms with Crippen LogP contribution in [0.5, 0.6) is 5.75 Å². The van der Waals surface area contributed by atoms with E-state index in [0.29, 0.717) is 6.04 Å². The maximum Gasteiger partial charge on any atom is 0.184 e.